The zero-order valence-electron chi connectivity index (χ0n) is 15.0. The van der Waals surface area contributed by atoms with Crippen LogP contribution in [0.4, 0.5) is 5.69 Å². The molecule has 6 nitrogen and oxygen atoms in total. The second-order valence-corrected chi connectivity index (χ2v) is 6.53. The molecule has 1 unspecified atom stereocenters. The second-order valence-electron chi connectivity index (χ2n) is 6.53. The Morgan fingerprint density at radius 2 is 2.08 bits per heavy atom. The normalized spacial score (nSPS) is 17.5. The Hall–Kier alpha value is -2.73. The number of hydrogen-bond donors (Lipinski definition) is 1. The molecule has 1 fully saturated rings. The van der Waals surface area contributed by atoms with E-state index < -0.39 is 6.10 Å². The Morgan fingerprint density at radius 3 is 2.81 bits per heavy atom. The van der Waals surface area contributed by atoms with Gasteiger partial charge in [-0.05, 0) is 57.0 Å². The Labute approximate surface area is 152 Å². The summed E-state index contributed by atoms with van der Waals surface area (Å²) >= 11 is 0. The molecule has 3 rings (SSSR count). The van der Waals surface area contributed by atoms with Gasteiger partial charge in [-0.25, -0.2) is 0 Å². The monoisotopic (exact) mass is 353 g/mol. The first-order valence-corrected chi connectivity index (χ1v) is 8.83. The summed E-state index contributed by atoms with van der Waals surface area (Å²) in [5.74, 6) is -0.367. The number of hydrogen-bond acceptors (Lipinski definition) is 4. The van der Waals surface area contributed by atoms with Crippen LogP contribution in [0.1, 0.15) is 37.0 Å². The average molecular weight is 353 g/mol. The van der Waals surface area contributed by atoms with Gasteiger partial charge in [-0.1, -0.05) is 12.1 Å². The van der Waals surface area contributed by atoms with Crippen LogP contribution in [0.25, 0.3) is 0 Å². The van der Waals surface area contributed by atoms with Crippen LogP contribution in [0.15, 0.2) is 53.7 Å². The van der Waals surface area contributed by atoms with Crippen molar-refractivity contribution in [3.05, 3.63) is 59.7 Å². The quantitative estimate of drug-likeness (QED) is 0.918. The molecule has 1 amide bonds. The lowest BCUT2D eigenvalue weighted by Gasteiger charge is -2.12. The van der Waals surface area contributed by atoms with Crippen LogP contribution in [0.5, 0.6) is 0 Å². The minimum atomic E-state index is -0.408. The van der Waals surface area contributed by atoms with E-state index in [-0.39, 0.29) is 17.9 Å². The van der Waals surface area contributed by atoms with Crippen LogP contribution in [0.3, 0.4) is 0 Å². The summed E-state index contributed by atoms with van der Waals surface area (Å²) in [4.78, 5) is 29.6. The van der Waals surface area contributed by atoms with E-state index in [9.17, 15) is 9.59 Å². The van der Waals surface area contributed by atoms with E-state index in [0.717, 1.165) is 12.8 Å². The minimum Gasteiger partial charge on any atom is -0.368 e. The second kappa shape index (κ2) is 8.10. The smallest absolute Gasteiger partial charge is 0.263 e. The molecule has 1 atom stereocenters. The molecule has 136 valence electrons. The number of nitrogens with one attached hydrogen (secondary N) is 1. The first kappa shape index (κ1) is 18.1. The fraction of sp³-hybridized carbons (Fsp3) is 0.350. The predicted molar refractivity (Wildman–Crippen MR) is 98.9 cm³/mol. The van der Waals surface area contributed by atoms with Gasteiger partial charge in [0.15, 0.2) is 0 Å². The summed E-state index contributed by atoms with van der Waals surface area (Å²) in [6, 6.07) is 12.4. The van der Waals surface area contributed by atoms with Crippen LogP contribution in [0, 0.1) is 0 Å². The van der Waals surface area contributed by atoms with E-state index in [0.29, 0.717) is 23.3 Å². The van der Waals surface area contributed by atoms with Crippen LogP contribution >= 0.6 is 0 Å². The van der Waals surface area contributed by atoms with Gasteiger partial charge in [0.2, 0.25) is 0 Å². The number of amides is 1. The van der Waals surface area contributed by atoms with E-state index in [4.69, 9.17) is 4.74 Å². The molecule has 0 spiro atoms. The molecule has 0 saturated carbocycles. The van der Waals surface area contributed by atoms with Crippen molar-refractivity contribution < 1.29 is 14.3 Å². The summed E-state index contributed by atoms with van der Waals surface area (Å²) in [6.45, 7) is 4.54. The van der Waals surface area contributed by atoms with Crippen LogP contribution in [-0.2, 0) is 9.53 Å². The topological polar surface area (TPSA) is 72.7 Å². The summed E-state index contributed by atoms with van der Waals surface area (Å²) in [5.41, 5.74) is 1.66. The van der Waals surface area contributed by atoms with Gasteiger partial charge in [0, 0.05) is 30.1 Å². The van der Waals surface area contributed by atoms with Crippen molar-refractivity contribution in [1.29, 1.82) is 0 Å². The zero-order valence-corrected chi connectivity index (χ0v) is 15.0. The predicted octanol–water partition coefficient (Wildman–Crippen LogP) is 2.60. The number of nitrogens with zero attached hydrogens (tertiary/aromatic N) is 2. The lowest BCUT2D eigenvalue weighted by molar-refractivity contribution is -0.124. The fourth-order valence-corrected chi connectivity index (χ4v) is 2.85. The molecule has 2 aromatic rings. The number of carbonyl (C=O) groups excluding carboxylic acids is 2. The highest BCUT2D eigenvalue weighted by Crippen LogP contribution is 2.16. The van der Waals surface area contributed by atoms with Gasteiger partial charge in [-0.2, -0.15) is 0 Å². The molecule has 2 heterocycles. The van der Waals surface area contributed by atoms with E-state index in [1.807, 2.05) is 19.9 Å². The highest BCUT2D eigenvalue weighted by Gasteiger charge is 2.23. The van der Waals surface area contributed by atoms with Gasteiger partial charge in [0.1, 0.15) is 11.6 Å². The molecule has 0 aliphatic carbocycles. The third-order valence-electron chi connectivity index (χ3n) is 4.05. The Morgan fingerprint density at radius 1 is 1.23 bits per heavy atom. The molecule has 1 aliphatic heterocycles. The summed E-state index contributed by atoms with van der Waals surface area (Å²) in [7, 11) is 0. The molecular formula is C20H23N3O3. The molecule has 1 aromatic heterocycles. The van der Waals surface area contributed by atoms with Crippen molar-refractivity contribution in [1.82, 2.24) is 4.57 Å². The van der Waals surface area contributed by atoms with Gasteiger partial charge in [-0.3, -0.25) is 19.1 Å². The largest absolute Gasteiger partial charge is 0.368 e. The van der Waals surface area contributed by atoms with E-state index in [1.165, 1.54) is 4.57 Å². The van der Waals surface area contributed by atoms with Gasteiger partial charge < -0.3 is 10.1 Å². The van der Waals surface area contributed by atoms with Gasteiger partial charge >= 0.3 is 0 Å². The third-order valence-corrected chi connectivity index (χ3v) is 4.05. The maximum absolute atomic E-state index is 12.9. The van der Waals surface area contributed by atoms with Crippen LogP contribution < -0.4 is 10.8 Å². The van der Waals surface area contributed by atoms with Crippen LogP contribution in [0.2, 0.25) is 0 Å². The number of pyridine rings is 1. The van der Waals surface area contributed by atoms with Crippen molar-refractivity contribution in [2.24, 2.45) is 4.99 Å². The number of benzene rings is 1. The molecule has 1 aromatic carbocycles. The average Bonchev–Trinajstić information content (AvgIpc) is 3.16. The van der Waals surface area contributed by atoms with Crippen molar-refractivity contribution in [2.75, 3.05) is 11.9 Å². The lowest BCUT2D eigenvalue weighted by Crippen LogP contribution is -2.29. The lowest BCUT2D eigenvalue weighted by atomic mass is 10.1. The zero-order chi connectivity index (χ0) is 18.5. The molecular weight excluding hydrogens is 330 g/mol. The van der Waals surface area contributed by atoms with E-state index in [1.54, 1.807) is 42.6 Å². The molecule has 26 heavy (non-hydrogen) atoms. The highest BCUT2D eigenvalue weighted by atomic mass is 16.5. The number of carbonyl (C=O) groups is 2. The molecule has 6 heteroatoms. The first-order valence-electron chi connectivity index (χ1n) is 8.83. The number of ether oxygens (including phenoxy) is 1. The standard InChI is InChI=1S/C20H23N3O3/c1-14(2)21-18-10-3-4-11-23(18)20(25)15-7-5-8-16(13-15)22-19(24)17-9-6-12-26-17/h3-5,7-8,10-11,13-14,17H,6,9,12H2,1-2H3,(H,22,24). The molecule has 0 radical (unpaired) electrons. The van der Waals surface area contributed by atoms with Gasteiger partial charge in [0.05, 0.1) is 0 Å². The van der Waals surface area contributed by atoms with Gasteiger partial charge in [0.25, 0.3) is 11.8 Å². The number of anilines is 1. The summed E-state index contributed by atoms with van der Waals surface area (Å²) in [6.07, 6.45) is 2.91. The van der Waals surface area contributed by atoms with Crippen LogP contribution in [-0.4, -0.2) is 35.1 Å². The van der Waals surface area contributed by atoms with Crippen molar-refractivity contribution in [3.8, 4) is 0 Å². The minimum absolute atomic E-state index is 0.0773. The van der Waals surface area contributed by atoms with Crippen molar-refractivity contribution in [2.45, 2.75) is 38.8 Å². The summed E-state index contributed by atoms with van der Waals surface area (Å²) < 4.78 is 6.91. The number of rotatable bonds is 4. The SMILES string of the molecule is CC(C)N=c1ccccn1C(=O)c1cccc(NC(=O)C2CCCO2)c1. The Balaban J connectivity index is 1.84. The highest BCUT2D eigenvalue weighted by molar-refractivity contribution is 5.99. The van der Waals surface area contributed by atoms with Gasteiger partial charge in [-0.15, -0.1) is 0 Å². The maximum atomic E-state index is 12.9. The molecule has 1 saturated heterocycles. The first-order chi connectivity index (χ1) is 12.5. The van der Waals surface area contributed by atoms with E-state index in [2.05, 4.69) is 10.3 Å². The molecule has 1 aliphatic rings. The van der Waals surface area contributed by atoms with E-state index >= 15 is 0 Å². The Kier molecular flexibility index (Phi) is 5.63. The number of aromatic nitrogens is 1. The Bertz CT molecular complexity index is 864. The van der Waals surface area contributed by atoms with Crippen molar-refractivity contribution in [3.63, 3.8) is 0 Å². The molecule has 0 bridgehead atoms. The maximum Gasteiger partial charge on any atom is 0.263 e. The molecule has 1 N–H and O–H groups in total. The fourth-order valence-electron chi connectivity index (χ4n) is 2.85. The summed E-state index contributed by atoms with van der Waals surface area (Å²) in [5, 5.41) is 2.83. The van der Waals surface area contributed by atoms with Crippen molar-refractivity contribution >= 4 is 17.5 Å². The third kappa shape index (κ3) is 4.26.